The van der Waals surface area contributed by atoms with Gasteiger partial charge in [0.15, 0.2) is 5.75 Å². The molecule has 2 heteroatoms. The highest BCUT2D eigenvalue weighted by atomic mass is 16.3. The van der Waals surface area contributed by atoms with Gasteiger partial charge in [0.1, 0.15) is 0 Å². The molecule has 1 rings (SSSR count). The first-order valence-electron chi connectivity index (χ1n) is 3.59. The highest BCUT2D eigenvalue weighted by Crippen LogP contribution is 2.12. The second kappa shape index (κ2) is 3.39. The normalized spacial score (nSPS) is 10.5. The highest BCUT2D eigenvalue weighted by molar-refractivity contribution is 5.26. The molecule has 11 heavy (non-hydrogen) atoms. The van der Waals surface area contributed by atoms with Crippen molar-refractivity contribution in [1.82, 2.24) is 4.90 Å². The summed E-state index contributed by atoms with van der Waals surface area (Å²) in [4.78, 5) is 2.04. The molecule has 0 aliphatic rings. The summed E-state index contributed by atoms with van der Waals surface area (Å²) in [5, 5.41) is 10.9. The van der Waals surface area contributed by atoms with E-state index in [1.165, 1.54) is 0 Å². The molecular formula is C9H12NO. The third-order valence-electron chi connectivity index (χ3n) is 1.40. The molecule has 1 aromatic rings. The Labute approximate surface area is 67.1 Å². The van der Waals surface area contributed by atoms with Crippen molar-refractivity contribution < 1.29 is 5.11 Å². The Kier molecular flexibility index (Phi) is 2.49. The Morgan fingerprint density at radius 2 is 2.09 bits per heavy atom. The minimum atomic E-state index is 0.0874. The molecule has 0 heterocycles. The Hall–Kier alpha value is -1.02. The molecule has 1 aromatic carbocycles. The van der Waals surface area contributed by atoms with Crippen molar-refractivity contribution in [2.24, 2.45) is 0 Å². The largest absolute Gasteiger partial charge is 0.305 e. The van der Waals surface area contributed by atoms with Crippen LogP contribution in [-0.2, 0) is 11.7 Å². The van der Waals surface area contributed by atoms with Crippen LogP contribution in [0, 0.1) is 0 Å². The smallest absolute Gasteiger partial charge is 0.178 e. The Morgan fingerprint density at radius 1 is 1.36 bits per heavy atom. The molecule has 59 valence electrons. The van der Waals surface area contributed by atoms with Crippen LogP contribution in [0.5, 0.6) is 5.75 Å². The van der Waals surface area contributed by atoms with E-state index in [0.29, 0.717) is 0 Å². The van der Waals surface area contributed by atoms with Crippen molar-refractivity contribution in [2.75, 3.05) is 14.1 Å². The molecular weight excluding hydrogens is 138 g/mol. The molecule has 2 nitrogen and oxygen atoms in total. The number of benzene rings is 1. The van der Waals surface area contributed by atoms with Gasteiger partial charge in [-0.05, 0) is 31.8 Å². The van der Waals surface area contributed by atoms with E-state index < -0.39 is 0 Å². The van der Waals surface area contributed by atoms with E-state index in [4.69, 9.17) is 0 Å². The molecule has 1 radical (unpaired) electrons. The Morgan fingerprint density at radius 3 is 2.64 bits per heavy atom. The van der Waals surface area contributed by atoms with E-state index >= 15 is 0 Å². The third kappa shape index (κ3) is 2.60. The zero-order valence-electron chi connectivity index (χ0n) is 6.87. The fraction of sp³-hybridized carbons (Fsp3) is 0.333. The third-order valence-corrected chi connectivity index (χ3v) is 1.40. The standard InChI is InChI=1S/C9H12NO/c1-10(2)7-8-4-3-5-9(11)6-8/h3-6H,7H2,1-2H3. The van der Waals surface area contributed by atoms with Crippen LogP contribution in [-0.4, -0.2) is 19.0 Å². The minimum absolute atomic E-state index is 0.0874. The van der Waals surface area contributed by atoms with Gasteiger partial charge in [0.25, 0.3) is 0 Å². The Balaban J connectivity index is 2.71. The molecule has 0 saturated carbocycles. The molecule has 0 aromatic heterocycles. The van der Waals surface area contributed by atoms with Crippen molar-refractivity contribution in [3.63, 3.8) is 0 Å². The van der Waals surface area contributed by atoms with Gasteiger partial charge in [-0.2, -0.15) is 0 Å². The molecule has 0 aliphatic heterocycles. The van der Waals surface area contributed by atoms with Crippen molar-refractivity contribution >= 4 is 0 Å². The van der Waals surface area contributed by atoms with E-state index in [0.717, 1.165) is 12.1 Å². The lowest BCUT2D eigenvalue weighted by Gasteiger charge is -2.08. The number of nitrogens with zero attached hydrogens (tertiary/aromatic N) is 1. The second-order valence-corrected chi connectivity index (χ2v) is 2.89. The first kappa shape index (κ1) is 8.08. The highest BCUT2D eigenvalue weighted by Gasteiger charge is 1.95. The van der Waals surface area contributed by atoms with Gasteiger partial charge < -0.3 is 4.90 Å². The maximum absolute atomic E-state index is 10.9. The van der Waals surface area contributed by atoms with Crippen molar-refractivity contribution in [2.45, 2.75) is 6.54 Å². The van der Waals surface area contributed by atoms with Crippen molar-refractivity contribution in [1.29, 1.82) is 0 Å². The van der Waals surface area contributed by atoms with Crippen LogP contribution in [0.1, 0.15) is 5.56 Å². The summed E-state index contributed by atoms with van der Waals surface area (Å²) in [6, 6.07) is 6.99. The van der Waals surface area contributed by atoms with Gasteiger partial charge in [0.2, 0.25) is 0 Å². The van der Waals surface area contributed by atoms with Crippen LogP contribution >= 0.6 is 0 Å². The number of hydrogen-bond donors (Lipinski definition) is 0. The second-order valence-electron chi connectivity index (χ2n) is 2.89. The lowest BCUT2D eigenvalue weighted by molar-refractivity contribution is 0.352. The van der Waals surface area contributed by atoms with Gasteiger partial charge in [0, 0.05) is 6.54 Å². The fourth-order valence-corrected chi connectivity index (χ4v) is 1.01. The van der Waals surface area contributed by atoms with Gasteiger partial charge in [-0.1, -0.05) is 12.1 Å². The van der Waals surface area contributed by atoms with Crippen molar-refractivity contribution in [3.8, 4) is 5.75 Å². The van der Waals surface area contributed by atoms with Gasteiger partial charge in [-0.3, -0.25) is 5.11 Å². The van der Waals surface area contributed by atoms with E-state index in [2.05, 4.69) is 0 Å². The number of hydrogen-bond acceptors (Lipinski definition) is 1. The molecule has 0 unspecified atom stereocenters. The summed E-state index contributed by atoms with van der Waals surface area (Å²) >= 11 is 0. The Bertz CT molecular complexity index is 233. The number of rotatable bonds is 2. The van der Waals surface area contributed by atoms with Crippen LogP contribution < -0.4 is 0 Å². The van der Waals surface area contributed by atoms with E-state index in [1.807, 2.05) is 25.1 Å². The average Bonchev–Trinajstić information content (AvgIpc) is 1.85. The summed E-state index contributed by atoms with van der Waals surface area (Å²) in [7, 11) is 3.97. The SMILES string of the molecule is CN(C)Cc1cccc([O])c1. The molecule has 0 N–H and O–H groups in total. The van der Waals surface area contributed by atoms with Crippen LogP contribution in [0.2, 0.25) is 0 Å². The topological polar surface area (TPSA) is 23.1 Å². The fourth-order valence-electron chi connectivity index (χ4n) is 1.01. The van der Waals surface area contributed by atoms with Crippen LogP contribution in [0.15, 0.2) is 24.3 Å². The monoisotopic (exact) mass is 150 g/mol. The molecule has 0 amide bonds. The molecule has 0 bridgehead atoms. The quantitative estimate of drug-likeness (QED) is 0.631. The summed E-state index contributed by atoms with van der Waals surface area (Å²) in [5.41, 5.74) is 1.07. The van der Waals surface area contributed by atoms with Crippen LogP contribution in [0.3, 0.4) is 0 Å². The van der Waals surface area contributed by atoms with E-state index in [-0.39, 0.29) is 5.75 Å². The van der Waals surface area contributed by atoms with Gasteiger partial charge >= 0.3 is 0 Å². The average molecular weight is 150 g/mol. The molecule has 0 aliphatic carbocycles. The molecule has 0 saturated heterocycles. The zero-order valence-corrected chi connectivity index (χ0v) is 6.87. The predicted molar refractivity (Wildman–Crippen MR) is 44.0 cm³/mol. The van der Waals surface area contributed by atoms with Gasteiger partial charge in [-0.25, -0.2) is 0 Å². The first-order chi connectivity index (χ1) is 5.18. The lowest BCUT2D eigenvalue weighted by atomic mass is 10.2. The molecule has 0 atom stereocenters. The minimum Gasteiger partial charge on any atom is -0.305 e. The van der Waals surface area contributed by atoms with Crippen LogP contribution in [0.25, 0.3) is 0 Å². The van der Waals surface area contributed by atoms with Crippen molar-refractivity contribution in [3.05, 3.63) is 29.8 Å². The zero-order chi connectivity index (χ0) is 8.27. The summed E-state index contributed by atoms with van der Waals surface area (Å²) in [6.07, 6.45) is 0. The lowest BCUT2D eigenvalue weighted by Crippen LogP contribution is -2.10. The summed E-state index contributed by atoms with van der Waals surface area (Å²) in [5.74, 6) is 0.0874. The molecule has 0 spiro atoms. The predicted octanol–water partition coefficient (Wildman–Crippen LogP) is 1.89. The van der Waals surface area contributed by atoms with Gasteiger partial charge in [-0.15, -0.1) is 0 Å². The van der Waals surface area contributed by atoms with E-state index in [1.54, 1.807) is 18.2 Å². The first-order valence-corrected chi connectivity index (χ1v) is 3.59. The summed E-state index contributed by atoms with van der Waals surface area (Å²) in [6.45, 7) is 0.829. The summed E-state index contributed by atoms with van der Waals surface area (Å²) < 4.78 is 0. The molecule has 0 fully saturated rings. The van der Waals surface area contributed by atoms with E-state index in [9.17, 15) is 5.11 Å². The maximum Gasteiger partial charge on any atom is 0.178 e. The maximum atomic E-state index is 10.9. The van der Waals surface area contributed by atoms with Gasteiger partial charge in [0.05, 0.1) is 0 Å². The van der Waals surface area contributed by atoms with Crippen LogP contribution in [0.4, 0.5) is 0 Å².